The molecule has 0 radical (unpaired) electrons. The van der Waals surface area contributed by atoms with Gasteiger partial charge in [0.15, 0.2) is 5.78 Å². The summed E-state index contributed by atoms with van der Waals surface area (Å²) in [6, 6.07) is 0. The molecule has 0 bridgehead atoms. The SMILES string of the molecule is [2H]c1ncn(CC(=O)CN)n1. The number of hydrogen-bond acceptors (Lipinski definition) is 4. The van der Waals surface area contributed by atoms with E-state index in [1.165, 1.54) is 11.0 Å². The molecule has 0 saturated carbocycles. The second kappa shape index (κ2) is 3.07. The average Bonchev–Trinajstić information content (AvgIpc) is 2.35. The minimum Gasteiger partial charge on any atom is -0.324 e. The van der Waals surface area contributed by atoms with Crippen molar-refractivity contribution in [2.24, 2.45) is 5.73 Å². The third kappa shape index (κ3) is 1.63. The van der Waals surface area contributed by atoms with E-state index in [1.54, 1.807) is 0 Å². The molecule has 0 aliphatic rings. The van der Waals surface area contributed by atoms with Crippen LogP contribution in [0, 0.1) is 0 Å². The Morgan fingerprint density at radius 3 is 3.20 bits per heavy atom. The normalized spacial score (nSPS) is 11.1. The molecular formula is C5H8N4O. The molecular weight excluding hydrogens is 132 g/mol. The summed E-state index contributed by atoms with van der Waals surface area (Å²) in [6.07, 6.45) is 1.24. The van der Waals surface area contributed by atoms with E-state index in [9.17, 15) is 4.79 Å². The van der Waals surface area contributed by atoms with Crippen molar-refractivity contribution < 1.29 is 6.17 Å². The molecule has 0 spiro atoms. The molecule has 0 aliphatic carbocycles. The van der Waals surface area contributed by atoms with Crippen LogP contribution in [0.4, 0.5) is 0 Å². The molecule has 10 heavy (non-hydrogen) atoms. The maximum atomic E-state index is 10.7. The molecule has 0 amide bonds. The Hall–Kier alpha value is -1.23. The largest absolute Gasteiger partial charge is 0.324 e. The van der Waals surface area contributed by atoms with E-state index in [0.29, 0.717) is 0 Å². The van der Waals surface area contributed by atoms with Gasteiger partial charge in [-0.1, -0.05) is 0 Å². The lowest BCUT2D eigenvalue weighted by Gasteiger charge is -1.94. The summed E-state index contributed by atoms with van der Waals surface area (Å²) < 4.78 is 8.22. The second-order valence-corrected chi connectivity index (χ2v) is 1.78. The lowest BCUT2D eigenvalue weighted by molar-refractivity contribution is -0.118. The van der Waals surface area contributed by atoms with Gasteiger partial charge in [-0.05, 0) is 0 Å². The van der Waals surface area contributed by atoms with E-state index >= 15 is 0 Å². The summed E-state index contributed by atoms with van der Waals surface area (Å²) in [6.45, 7) is 0.0928. The summed E-state index contributed by atoms with van der Waals surface area (Å²) >= 11 is 0. The van der Waals surface area contributed by atoms with Crippen molar-refractivity contribution in [1.29, 1.82) is 0 Å². The first-order chi connectivity index (χ1) is 5.22. The number of carbonyl (C=O) groups excluding carboxylic acids is 1. The number of ketones is 1. The highest BCUT2D eigenvalue weighted by atomic mass is 16.1. The molecule has 0 aliphatic heterocycles. The van der Waals surface area contributed by atoms with Crippen molar-refractivity contribution >= 4 is 5.78 Å². The quantitative estimate of drug-likeness (QED) is 0.574. The molecule has 0 unspecified atom stereocenters. The summed E-state index contributed by atoms with van der Waals surface area (Å²) in [5.41, 5.74) is 5.07. The summed E-state index contributed by atoms with van der Waals surface area (Å²) in [5.74, 6) is -0.130. The van der Waals surface area contributed by atoms with E-state index < -0.39 is 0 Å². The van der Waals surface area contributed by atoms with Crippen molar-refractivity contribution in [3.63, 3.8) is 0 Å². The van der Waals surface area contributed by atoms with Crippen LogP contribution in [0.5, 0.6) is 0 Å². The zero-order valence-corrected chi connectivity index (χ0v) is 5.32. The number of nitrogens with zero attached hydrogens (tertiary/aromatic N) is 3. The first-order valence-electron chi connectivity index (χ1n) is 3.30. The van der Waals surface area contributed by atoms with Gasteiger partial charge in [0, 0.05) is 0 Å². The van der Waals surface area contributed by atoms with E-state index in [-0.39, 0.29) is 25.2 Å². The Morgan fingerprint density at radius 2 is 2.70 bits per heavy atom. The Morgan fingerprint density at radius 1 is 1.90 bits per heavy atom. The third-order valence-corrected chi connectivity index (χ3v) is 0.988. The smallest absolute Gasteiger partial charge is 0.167 e. The first-order valence-corrected chi connectivity index (χ1v) is 2.80. The van der Waals surface area contributed by atoms with Gasteiger partial charge in [-0.25, -0.2) is 9.67 Å². The molecule has 54 valence electrons. The number of Topliss-reactive ketones (excluding diaryl/α,β-unsaturated/α-hetero) is 1. The summed E-state index contributed by atoms with van der Waals surface area (Å²) in [4.78, 5) is 14.2. The lowest BCUT2D eigenvalue weighted by Crippen LogP contribution is -2.19. The van der Waals surface area contributed by atoms with Crippen molar-refractivity contribution in [3.8, 4) is 0 Å². The monoisotopic (exact) mass is 141 g/mol. The molecule has 1 aromatic heterocycles. The Labute approximate surface area is 59.3 Å². The minimum atomic E-state index is -0.130. The molecule has 0 saturated heterocycles. The van der Waals surface area contributed by atoms with Crippen LogP contribution < -0.4 is 5.73 Å². The van der Waals surface area contributed by atoms with Gasteiger partial charge in [-0.2, -0.15) is 5.10 Å². The standard InChI is InChI=1S/C5H8N4O/c6-1-5(10)2-9-4-7-3-8-9/h3-4H,1-2,6H2/i3D. The minimum absolute atomic E-state index is 0.00675. The fourth-order valence-corrected chi connectivity index (χ4v) is 0.523. The number of rotatable bonds is 3. The Bertz CT molecular complexity index is 259. The predicted octanol–water partition coefficient (Wildman–Crippen LogP) is -1.19. The molecule has 5 nitrogen and oxygen atoms in total. The molecule has 2 N–H and O–H groups in total. The van der Waals surface area contributed by atoms with Crippen molar-refractivity contribution in [2.75, 3.05) is 6.54 Å². The van der Waals surface area contributed by atoms with Gasteiger partial charge >= 0.3 is 0 Å². The highest BCUT2D eigenvalue weighted by Gasteiger charge is 1.98. The van der Waals surface area contributed by atoms with Gasteiger partial charge in [0.2, 0.25) is 0 Å². The zero-order valence-electron chi connectivity index (χ0n) is 6.32. The van der Waals surface area contributed by atoms with E-state index in [1.807, 2.05) is 0 Å². The fraction of sp³-hybridized carbons (Fsp3) is 0.400. The van der Waals surface area contributed by atoms with Crippen LogP contribution >= 0.6 is 0 Å². The number of nitrogens with two attached hydrogens (primary N) is 1. The van der Waals surface area contributed by atoms with Gasteiger partial charge in [0.05, 0.1) is 6.54 Å². The molecule has 0 atom stereocenters. The van der Waals surface area contributed by atoms with Gasteiger partial charge in [-0.3, -0.25) is 4.79 Å². The van der Waals surface area contributed by atoms with Crippen LogP contribution in [0.2, 0.25) is 0 Å². The molecule has 0 aromatic carbocycles. The Balaban J connectivity index is 2.57. The molecule has 1 heterocycles. The maximum absolute atomic E-state index is 10.7. The molecule has 0 fully saturated rings. The van der Waals surface area contributed by atoms with Crippen LogP contribution in [0.25, 0.3) is 0 Å². The van der Waals surface area contributed by atoms with Crippen molar-refractivity contribution in [3.05, 3.63) is 12.6 Å². The molecule has 5 heteroatoms. The van der Waals surface area contributed by atoms with Gasteiger partial charge in [0.1, 0.15) is 20.5 Å². The zero-order chi connectivity index (χ0) is 8.27. The first kappa shape index (κ1) is 5.55. The summed E-state index contributed by atoms with van der Waals surface area (Å²) in [5, 5.41) is 3.59. The topological polar surface area (TPSA) is 73.8 Å². The van der Waals surface area contributed by atoms with Gasteiger partial charge in [0.25, 0.3) is 0 Å². The average molecular weight is 141 g/mol. The van der Waals surface area contributed by atoms with E-state index in [0.717, 1.165) is 0 Å². The molecule has 1 rings (SSSR count). The van der Waals surface area contributed by atoms with Gasteiger partial charge < -0.3 is 5.73 Å². The van der Waals surface area contributed by atoms with E-state index in [4.69, 9.17) is 7.10 Å². The highest BCUT2D eigenvalue weighted by Crippen LogP contribution is 1.79. The van der Waals surface area contributed by atoms with Crippen LogP contribution in [-0.2, 0) is 11.3 Å². The lowest BCUT2D eigenvalue weighted by atomic mass is 10.4. The van der Waals surface area contributed by atoms with Crippen molar-refractivity contribution in [1.82, 2.24) is 14.8 Å². The highest BCUT2D eigenvalue weighted by molar-refractivity contribution is 5.79. The Kier molecular flexibility index (Phi) is 1.70. The maximum Gasteiger partial charge on any atom is 0.167 e. The van der Waals surface area contributed by atoms with Crippen LogP contribution in [0.15, 0.2) is 12.6 Å². The van der Waals surface area contributed by atoms with Gasteiger partial charge in [-0.15, -0.1) is 0 Å². The number of carbonyl (C=O) groups is 1. The van der Waals surface area contributed by atoms with Crippen LogP contribution in [-0.4, -0.2) is 27.1 Å². The fourth-order valence-electron chi connectivity index (χ4n) is 0.523. The van der Waals surface area contributed by atoms with E-state index in [2.05, 4.69) is 10.1 Å². The number of aromatic nitrogens is 3. The van der Waals surface area contributed by atoms with Crippen molar-refractivity contribution in [2.45, 2.75) is 6.54 Å². The summed E-state index contributed by atoms with van der Waals surface area (Å²) in [7, 11) is 0. The van der Waals surface area contributed by atoms with Crippen LogP contribution in [0.3, 0.4) is 0 Å². The second-order valence-electron chi connectivity index (χ2n) is 1.78. The molecule has 1 aromatic rings. The number of hydrogen-bond donors (Lipinski definition) is 1. The third-order valence-electron chi connectivity index (χ3n) is 0.988. The predicted molar refractivity (Wildman–Crippen MR) is 34.1 cm³/mol. The van der Waals surface area contributed by atoms with Crippen LogP contribution in [0.1, 0.15) is 1.37 Å².